The summed E-state index contributed by atoms with van der Waals surface area (Å²) in [5.74, 6) is 1.15. The molecule has 0 radical (unpaired) electrons. The molecule has 0 amide bonds. The highest BCUT2D eigenvalue weighted by atomic mass is 19.1. The van der Waals surface area contributed by atoms with Gasteiger partial charge in [0.25, 0.3) is 0 Å². The molecule has 1 aromatic rings. The minimum absolute atomic E-state index is 0.340. The molecule has 0 unspecified atom stereocenters. The molecule has 0 atom stereocenters. The summed E-state index contributed by atoms with van der Waals surface area (Å²) in [6.45, 7) is 6.45. The molecule has 0 N–H and O–H groups in total. The first kappa shape index (κ1) is 12.9. The highest BCUT2D eigenvalue weighted by Crippen LogP contribution is 2.29. The molecule has 0 aliphatic carbocycles. The van der Waals surface area contributed by atoms with Crippen LogP contribution < -0.4 is 4.90 Å². The lowest BCUT2D eigenvalue weighted by Crippen LogP contribution is -2.35. The van der Waals surface area contributed by atoms with Crippen LogP contribution in [0.1, 0.15) is 32.3 Å². The zero-order valence-electron chi connectivity index (χ0n) is 11.0. The second-order valence-electron chi connectivity index (χ2n) is 5.34. The van der Waals surface area contributed by atoms with Gasteiger partial charge in [0.15, 0.2) is 0 Å². The zero-order valence-corrected chi connectivity index (χ0v) is 11.0. The van der Waals surface area contributed by atoms with Crippen LogP contribution >= 0.6 is 0 Å². The number of hydrogen-bond donors (Lipinski definition) is 0. The number of anilines is 1. The van der Waals surface area contributed by atoms with Gasteiger partial charge in [-0.3, -0.25) is 0 Å². The molecule has 1 heterocycles. The first-order valence-corrected chi connectivity index (χ1v) is 6.56. The van der Waals surface area contributed by atoms with Crippen molar-refractivity contribution in [3.05, 3.63) is 29.6 Å². The van der Waals surface area contributed by atoms with Crippen LogP contribution in [-0.4, -0.2) is 13.1 Å². The van der Waals surface area contributed by atoms with Gasteiger partial charge >= 0.3 is 0 Å². The monoisotopic (exact) mass is 246 g/mol. The Bertz CT molecular complexity index is 454. The summed E-state index contributed by atoms with van der Waals surface area (Å²) in [5.41, 5.74) is 1.32. The van der Waals surface area contributed by atoms with Gasteiger partial charge in [0.2, 0.25) is 0 Å². The maximum Gasteiger partial charge on any atom is 0.124 e. The van der Waals surface area contributed by atoms with Crippen molar-refractivity contribution >= 4 is 5.69 Å². The summed E-state index contributed by atoms with van der Waals surface area (Å²) < 4.78 is 13.1. The molecule has 1 saturated heterocycles. The van der Waals surface area contributed by atoms with Crippen molar-refractivity contribution in [1.82, 2.24) is 0 Å². The van der Waals surface area contributed by atoms with Crippen LogP contribution in [0.3, 0.4) is 0 Å². The van der Waals surface area contributed by atoms with Crippen LogP contribution in [0.2, 0.25) is 0 Å². The van der Waals surface area contributed by atoms with Gasteiger partial charge in [-0.1, -0.05) is 13.8 Å². The molecule has 2 nitrogen and oxygen atoms in total. The number of rotatable bonds is 2. The Balaban J connectivity index is 2.13. The molecule has 0 spiro atoms. The minimum Gasteiger partial charge on any atom is -0.370 e. The maximum absolute atomic E-state index is 13.1. The molecule has 96 valence electrons. The largest absolute Gasteiger partial charge is 0.370 e. The third kappa shape index (κ3) is 2.64. The molecule has 2 rings (SSSR count). The molecule has 1 aromatic carbocycles. The average molecular weight is 246 g/mol. The smallest absolute Gasteiger partial charge is 0.124 e. The van der Waals surface area contributed by atoms with E-state index in [0.717, 1.165) is 43.5 Å². The lowest BCUT2D eigenvalue weighted by Gasteiger charge is -2.35. The van der Waals surface area contributed by atoms with Crippen molar-refractivity contribution in [2.75, 3.05) is 18.0 Å². The van der Waals surface area contributed by atoms with Crippen LogP contribution in [0, 0.1) is 29.0 Å². The van der Waals surface area contributed by atoms with Gasteiger partial charge in [-0.15, -0.1) is 0 Å². The van der Waals surface area contributed by atoms with E-state index in [1.165, 1.54) is 12.1 Å². The van der Waals surface area contributed by atoms with Crippen molar-refractivity contribution in [2.45, 2.75) is 26.7 Å². The lowest BCUT2D eigenvalue weighted by molar-refractivity contribution is 0.311. The quantitative estimate of drug-likeness (QED) is 0.797. The molecule has 1 aliphatic heterocycles. The van der Waals surface area contributed by atoms with Gasteiger partial charge in [-0.25, -0.2) is 4.39 Å². The van der Waals surface area contributed by atoms with Crippen molar-refractivity contribution in [3.63, 3.8) is 0 Å². The van der Waals surface area contributed by atoms with E-state index >= 15 is 0 Å². The summed E-state index contributed by atoms with van der Waals surface area (Å²) in [4.78, 5) is 2.21. The van der Waals surface area contributed by atoms with Gasteiger partial charge in [-0.2, -0.15) is 5.26 Å². The molecule has 0 aromatic heterocycles. The van der Waals surface area contributed by atoms with Gasteiger partial charge in [0.1, 0.15) is 11.9 Å². The van der Waals surface area contributed by atoms with E-state index in [2.05, 4.69) is 24.8 Å². The highest BCUT2D eigenvalue weighted by Gasteiger charge is 2.23. The first-order valence-electron chi connectivity index (χ1n) is 6.56. The van der Waals surface area contributed by atoms with E-state index in [4.69, 9.17) is 5.26 Å². The van der Waals surface area contributed by atoms with Gasteiger partial charge in [0.05, 0.1) is 11.3 Å². The van der Waals surface area contributed by atoms with Crippen LogP contribution in [0.15, 0.2) is 18.2 Å². The lowest BCUT2D eigenvalue weighted by atomic mass is 9.86. The van der Waals surface area contributed by atoms with E-state index < -0.39 is 0 Å². The summed E-state index contributed by atoms with van der Waals surface area (Å²) in [6, 6.07) is 6.57. The summed E-state index contributed by atoms with van der Waals surface area (Å²) >= 11 is 0. The van der Waals surface area contributed by atoms with Crippen molar-refractivity contribution < 1.29 is 4.39 Å². The predicted octanol–water partition coefficient (Wildman–Crippen LogP) is 3.57. The Kier molecular flexibility index (Phi) is 3.86. The molecule has 18 heavy (non-hydrogen) atoms. The van der Waals surface area contributed by atoms with Gasteiger partial charge < -0.3 is 4.90 Å². The Morgan fingerprint density at radius 3 is 2.56 bits per heavy atom. The fourth-order valence-corrected chi connectivity index (χ4v) is 2.68. The molecule has 1 fully saturated rings. The number of piperidine rings is 1. The normalized spacial score (nSPS) is 16.9. The van der Waals surface area contributed by atoms with E-state index in [0.29, 0.717) is 5.56 Å². The van der Waals surface area contributed by atoms with E-state index in [1.807, 2.05) is 0 Å². The Morgan fingerprint density at radius 1 is 1.33 bits per heavy atom. The maximum atomic E-state index is 13.1. The van der Waals surface area contributed by atoms with E-state index in [-0.39, 0.29) is 5.82 Å². The second-order valence-corrected chi connectivity index (χ2v) is 5.34. The number of nitriles is 1. The van der Waals surface area contributed by atoms with Gasteiger partial charge in [-0.05, 0) is 42.9 Å². The van der Waals surface area contributed by atoms with Crippen LogP contribution in [-0.2, 0) is 0 Å². The molecular weight excluding hydrogens is 227 g/mol. The van der Waals surface area contributed by atoms with Crippen molar-refractivity contribution in [2.24, 2.45) is 11.8 Å². The van der Waals surface area contributed by atoms with E-state index in [1.54, 1.807) is 6.07 Å². The number of nitrogens with zero attached hydrogens (tertiary/aromatic N) is 2. The van der Waals surface area contributed by atoms with Crippen LogP contribution in [0.5, 0.6) is 0 Å². The van der Waals surface area contributed by atoms with Crippen molar-refractivity contribution in [3.8, 4) is 6.07 Å². The summed E-state index contributed by atoms with van der Waals surface area (Å²) in [6.07, 6.45) is 2.31. The summed E-state index contributed by atoms with van der Waals surface area (Å²) in [5, 5.41) is 9.07. The third-order valence-electron chi connectivity index (χ3n) is 3.90. The fourth-order valence-electron chi connectivity index (χ4n) is 2.68. The fraction of sp³-hybridized carbons (Fsp3) is 0.533. The number of halogens is 1. The Labute approximate surface area is 108 Å². The van der Waals surface area contributed by atoms with E-state index in [9.17, 15) is 4.39 Å². The standard InChI is InChI=1S/C15H19FN2/c1-11(2)12-5-7-18(8-6-12)15-4-3-14(16)9-13(15)10-17/h3-4,9,11-12H,5-8H2,1-2H3. The second kappa shape index (κ2) is 5.39. The van der Waals surface area contributed by atoms with Crippen molar-refractivity contribution in [1.29, 1.82) is 5.26 Å². The SMILES string of the molecule is CC(C)C1CCN(c2ccc(F)cc2C#N)CC1. The average Bonchev–Trinajstić information content (AvgIpc) is 2.38. The first-order chi connectivity index (χ1) is 8.61. The molecule has 0 saturated carbocycles. The predicted molar refractivity (Wildman–Crippen MR) is 70.9 cm³/mol. The Morgan fingerprint density at radius 2 is 2.00 bits per heavy atom. The number of hydrogen-bond acceptors (Lipinski definition) is 2. The molecule has 3 heteroatoms. The van der Waals surface area contributed by atoms with Gasteiger partial charge in [0, 0.05) is 13.1 Å². The van der Waals surface area contributed by atoms with Crippen LogP contribution in [0.4, 0.5) is 10.1 Å². The third-order valence-corrected chi connectivity index (χ3v) is 3.90. The minimum atomic E-state index is -0.340. The zero-order chi connectivity index (χ0) is 13.1. The molecular formula is C15H19FN2. The topological polar surface area (TPSA) is 27.0 Å². The summed E-state index contributed by atoms with van der Waals surface area (Å²) in [7, 11) is 0. The highest BCUT2D eigenvalue weighted by molar-refractivity contribution is 5.59. The van der Waals surface area contributed by atoms with Crippen LogP contribution in [0.25, 0.3) is 0 Å². The molecule has 1 aliphatic rings. The Hall–Kier alpha value is -1.56. The molecule has 0 bridgehead atoms. The number of benzene rings is 1.